The predicted octanol–water partition coefficient (Wildman–Crippen LogP) is 4.49. The molecular weight excluding hydrogens is 432 g/mol. The summed E-state index contributed by atoms with van der Waals surface area (Å²) in [4.78, 5) is 28.2. The van der Waals surface area contributed by atoms with Crippen molar-refractivity contribution in [1.29, 1.82) is 0 Å². The summed E-state index contributed by atoms with van der Waals surface area (Å²) < 4.78 is 16.2. The molecule has 3 aromatic carbocycles. The molecule has 0 radical (unpaired) electrons. The highest BCUT2D eigenvalue weighted by atomic mass is 16.5. The van der Waals surface area contributed by atoms with E-state index in [9.17, 15) is 9.59 Å². The van der Waals surface area contributed by atoms with Crippen molar-refractivity contribution in [1.82, 2.24) is 4.90 Å². The summed E-state index contributed by atoms with van der Waals surface area (Å²) in [6.07, 6.45) is 0. The van der Waals surface area contributed by atoms with E-state index in [0.29, 0.717) is 29.4 Å². The Bertz CT molecular complexity index is 1220. The number of carbonyl (C=O) groups excluding carboxylic acids is 2. The molecule has 0 saturated carbocycles. The first-order chi connectivity index (χ1) is 16.5. The molecular formula is C27H26N2O5. The molecule has 1 aliphatic rings. The summed E-state index contributed by atoms with van der Waals surface area (Å²) in [5.74, 6) is 0.948. The number of hydrogen-bond donors (Lipinski definition) is 1. The number of imide groups is 1. The first kappa shape index (κ1) is 22.9. The Morgan fingerprint density at radius 1 is 0.824 bits per heavy atom. The lowest BCUT2D eigenvalue weighted by molar-refractivity contribution is -0.137. The number of rotatable bonds is 9. The van der Waals surface area contributed by atoms with Crippen molar-refractivity contribution in [3.8, 4) is 17.2 Å². The van der Waals surface area contributed by atoms with Gasteiger partial charge in [0.1, 0.15) is 11.4 Å². The second kappa shape index (κ2) is 10.1. The third kappa shape index (κ3) is 4.59. The Morgan fingerprint density at radius 2 is 1.53 bits per heavy atom. The van der Waals surface area contributed by atoms with Gasteiger partial charge in [-0.25, -0.2) is 0 Å². The number of anilines is 1. The van der Waals surface area contributed by atoms with Crippen LogP contribution < -0.4 is 19.5 Å². The van der Waals surface area contributed by atoms with Crippen LogP contribution in [0.1, 0.15) is 18.1 Å². The van der Waals surface area contributed by atoms with Crippen molar-refractivity contribution in [2.75, 3.05) is 26.1 Å². The molecule has 0 unspecified atom stereocenters. The van der Waals surface area contributed by atoms with Gasteiger partial charge >= 0.3 is 0 Å². The average Bonchev–Trinajstić information content (AvgIpc) is 3.09. The third-order valence-corrected chi connectivity index (χ3v) is 5.46. The molecule has 174 valence electrons. The lowest BCUT2D eigenvalue weighted by atomic mass is 10.0. The highest BCUT2D eigenvalue weighted by Gasteiger charge is 2.39. The monoisotopic (exact) mass is 458 g/mol. The van der Waals surface area contributed by atoms with Crippen LogP contribution in [0, 0.1) is 0 Å². The van der Waals surface area contributed by atoms with E-state index in [-0.39, 0.29) is 23.7 Å². The molecule has 7 heteroatoms. The van der Waals surface area contributed by atoms with E-state index in [1.165, 1.54) is 12.0 Å². The zero-order valence-corrected chi connectivity index (χ0v) is 19.3. The SMILES string of the molecule is CCOc1ccc(NC2=C(c3ccc(OC)c(OC)c3)C(=O)N(Cc3ccccc3)C2=O)cc1. The van der Waals surface area contributed by atoms with Crippen LogP contribution in [0.25, 0.3) is 5.57 Å². The summed E-state index contributed by atoms with van der Waals surface area (Å²) in [7, 11) is 3.07. The second-order valence-corrected chi connectivity index (χ2v) is 7.58. The van der Waals surface area contributed by atoms with Gasteiger partial charge in [0.25, 0.3) is 11.8 Å². The first-order valence-electron chi connectivity index (χ1n) is 10.9. The van der Waals surface area contributed by atoms with Gasteiger partial charge in [-0.1, -0.05) is 36.4 Å². The molecule has 0 saturated heterocycles. The third-order valence-electron chi connectivity index (χ3n) is 5.46. The molecule has 2 amide bonds. The Morgan fingerprint density at radius 3 is 2.18 bits per heavy atom. The quantitative estimate of drug-likeness (QED) is 0.476. The van der Waals surface area contributed by atoms with E-state index in [4.69, 9.17) is 14.2 Å². The molecule has 4 rings (SSSR count). The number of nitrogens with zero attached hydrogens (tertiary/aromatic N) is 1. The lowest BCUT2D eigenvalue weighted by Gasteiger charge is -2.15. The van der Waals surface area contributed by atoms with E-state index in [1.807, 2.05) is 61.5 Å². The van der Waals surface area contributed by atoms with E-state index < -0.39 is 5.91 Å². The average molecular weight is 459 g/mol. The smallest absolute Gasteiger partial charge is 0.278 e. The number of methoxy groups -OCH3 is 2. The summed E-state index contributed by atoms with van der Waals surface area (Å²) in [6.45, 7) is 2.64. The van der Waals surface area contributed by atoms with Crippen LogP contribution >= 0.6 is 0 Å². The second-order valence-electron chi connectivity index (χ2n) is 7.58. The molecule has 1 N–H and O–H groups in total. The zero-order valence-electron chi connectivity index (χ0n) is 19.3. The minimum atomic E-state index is -0.396. The maximum atomic E-state index is 13.5. The molecule has 0 fully saturated rings. The van der Waals surface area contributed by atoms with Gasteiger partial charge in [-0.05, 0) is 54.4 Å². The van der Waals surface area contributed by atoms with Gasteiger partial charge in [0.2, 0.25) is 0 Å². The summed E-state index contributed by atoms with van der Waals surface area (Å²) in [5, 5.41) is 3.16. The first-order valence-corrected chi connectivity index (χ1v) is 10.9. The largest absolute Gasteiger partial charge is 0.494 e. The molecule has 3 aromatic rings. The van der Waals surface area contributed by atoms with E-state index >= 15 is 0 Å². The van der Waals surface area contributed by atoms with Crippen molar-refractivity contribution in [2.45, 2.75) is 13.5 Å². The molecule has 0 spiro atoms. The molecule has 0 aliphatic carbocycles. The minimum Gasteiger partial charge on any atom is -0.494 e. The van der Waals surface area contributed by atoms with Crippen LogP contribution in [0.15, 0.2) is 78.5 Å². The molecule has 0 aromatic heterocycles. The molecule has 0 bridgehead atoms. The van der Waals surface area contributed by atoms with Gasteiger partial charge in [0.15, 0.2) is 11.5 Å². The Hall–Kier alpha value is -4.26. The van der Waals surface area contributed by atoms with Crippen LogP contribution in [0.2, 0.25) is 0 Å². The normalized spacial score (nSPS) is 13.3. The predicted molar refractivity (Wildman–Crippen MR) is 130 cm³/mol. The fraction of sp³-hybridized carbons (Fsp3) is 0.185. The lowest BCUT2D eigenvalue weighted by Crippen LogP contribution is -2.31. The fourth-order valence-electron chi connectivity index (χ4n) is 3.81. The molecule has 1 aliphatic heterocycles. The van der Waals surface area contributed by atoms with Gasteiger partial charge in [-0.2, -0.15) is 0 Å². The fourth-order valence-corrected chi connectivity index (χ4v) is 3.81. The number of benzene rings is 3. The molecule has 0 atom stereocenters. The van der Waals surface area contributed by atoms with Crippen molar-refractivity contribution in [3.05, 3.63) is 89.6 Å². The van der Waals surface area contributed by atoms with E-state index in [2.05, 4.69) is 5.32 Å². The minimum absolute atomic E-state index is 0.170. The van der Waals surface area contributed by atoms with Crippen molar-refractivity contribution in [3.63, 3.8) is 0 Å². The van der Waals surface area contributed by atoms with Crippen LogP contribution in [0.3, 0.4) is 0 Å². The number of amides is 2. The molecule has 1 heterocycles. The van der Waals surface area contributed by atoms with Gasteiger partial charge in [-0.3, -0.25) is 14.5 Å². The van der Waals surface area contributed by atoms with Crippen LogP contribution in [-0.2, 0) is 16.1 Å². The van der Waals surface area contributed by atoms with Gasteiger partial charge in [0.05, 0.1) is 32.9 Å². The van der Waals surface area contributed by atoms with E-state index in [0.717, 1.165) is 11.3 Å². The molecule has 7 nitrogen and oxygen atoms in total. The topological polar surface area (TPSA) is 77.1 Å². The van der Waals surface area contributed by atoms with Crippen LogP contribution in [-0.4, -0.2) is 37.5 Å². The summed E-state index contributed by atoms with van der Waals surface area (Å²) in [6, 6.07) is 21.8. The van der Waals surface area contributed by atoms with Crippen molar-refractivity contribution in [2.24, 2.45) is 0 Å². The maximum Gasteiger partial charge on any atom is 0.278 e. The standard InChI is InChI=1S/C27H26N2O5/c1-4-34-21-13-11-20(12-14-21)28-25-24(19-10-15-22(32-2)23(16-19)33-3)26(30)29(27(25)31)17-18-8-6-5-7-9-18/h5-16,28H,4,17H2,1-3H3. The number of ether oxygens (including phenoxy) is 3. The summed E-state index contributed by atoms with van der Waals surface area (Å²) in [5.41, 5.74) is 2.56. The highest BCUT2D eigenvalue weighted by Crippen LogP contribution is 2.36. The Kier molecular flexibility index (Phi) is 6.82. The highest BCUT2D eigenvalue weighted by molar-refractivity contribution is 6.36. The van der Waals surface area contributed by atoms with E-state index in [1.54, 1.807) is 25.3 Å². The Balaban J connectivity index is 1.74. The number of carbonyl (C=O) groups is 2. The van der Waals surface area contributed by atoms with Gasteiger partial charge < -0.3 is 19.5 Å². The van der Waals surface area contributed by atoms with Gasteiger partial charge in [-0.15, -0.1) is 0 Å². The zero-order chi connectivity index (χ0) is 24.1. The Labute approximate surface area is 198 Å². The van der Waals surface area contributed by atoms with Gasteiger partial charge in [0, 0.05) is 5.69 Å². The van der Waals surface area contributed by atoms with Crippen molar-refractivity contribution < 1.29 is 23.8 Å². The number of hydrogen-bond acceptors (Lipinski definition) is 6. The summed E-state index contributed by atoms with van der Waals surface area (Å²) >= 11 is 0. The molecule has 34 heavy (non-hydrogen) atoms. The number of nitrogens with one attached hydrogen (secondary N) is 1. The maximum absolute atomic E-state index is 13.5. The van der Waals surface area contributed by atoms with Crippen LogP contribution in [0.4, 0.5) is 5.69 Å². The van der Waals surface area contributed by atoms with Crippen molar-refractivity contribution >= 4 is 23.1 Å². The van der Waals surface area contributed by atoms with Crippen LogP contribution in [0.5, 0.6) is 17.2 Å².